The molecule has 4 heteroatoms. The molecule has 0 saturated heterocycles. The fourth-order valence-corrected chi connectivity index (χ4v) is 8.69. The lowest BCUT2D eigenvalue weighted by Gasteiger charge is -2.36. The Kier molecular flexibility index (Phi) is 6.98. The van der Waals surface area contributed by atoms with Crippen molar-refractivity contribution in [2.75, 3.05) is 37.9 Å². The van der Waals surface area contributed by atoms with Gasteiger partial charge in [0.25, 0.3) is 0 Å². The first-order valence-electron chi connectivity index (χ1n) is 9.02. The van der Waals surface area contributed by atoms with E-state index in [0.717, 1.165) is 24.7 Å². The van der Waals surface area contributed by atoms with Gasteiger partial charge in [-0.25, -0.2) is 0 Å². The van der Waals surface area contributed by atoms with Gasteiger partial charge in [-0.15, -0.1) is 0 Å². The molecule has 0 fully saturated rings. The second-order valence-electron chi connectivity index (χ2n) is 8.49. The Morgan fingerprint density at radius 2 is 1.12 bits per heavy atom. The van der Waals surface area contributed by atoms with Crippen LogP contribution in [0.25, 0.3) is 0 Å². The molecular weight excluding hydrogens is 334 g/mol. The third kappa shape index (κ3) is 6.20. The minimum atomic E-state index is -0.0210. The number of rotatable bonds is 0. The van der Waals surface area contributed by atoms with E-state index in [-0.39, 0.29) is 15.8 Å². The van der Waals surface area contributed by atoms with E-state index in [0.29, 0.717) is 10.3 Å². The van der Waals surface area contributed by atoms with Gasteiger partial charge >= 0.3 is 0 Å². The third-order valence-corrected chi connectivity index (χ3v) is 11.7. The summed E-state index contributed by atoms with van der Waals surface area (Å²) in [5, 5.41) is 0.798. The average Bonchev–Trinajstić information content (AvgIpc) is 2.47. The van der Waals surface area contributed by atoms with Crippen molar-refractivity contribution in [1.29, 1.82) is 0 Å². The van der Waals surface area contributed by atoms with Crippen LogP contribution in [0, 0.1) is 0 Å². The molecule has 0 saturated carbocycles. The van der Waals surface area contributed by atoms with Crippen LogP contribution in [0.3, 0.4) is 0 Å². The van der Waals surface area contributed by atoms with Gasteiger partial charge in [-0.2, -0.15) is 0 Å². The van der Waals surface area contributed by atoms with Crippen LogP contribution in [0.15, 0.2) is 24.3 Å². The number of ether oxygens (including phenoxy) is 2. The Bertz CT molecular complexity index is 474. The minimum absolute atomic E-state index is 0.0210. The standard InChI is InChI=1S/C20H34O2P2/c1-19(2,3)23-12-10-21-17-8-7-9-18(16-17)22-11-13-24(15-14-23)20(4,5)6/h7-9,16H,10-15H2,1-6H3. The summed E-state index contributed by atoms with van der Waals surface area (Å²) >= 11 is 0. The molecule has 2 unspecified atom stereocenters. The van der Waals surface area contributed by atoms with E-state index in [1.54, 1.807) is 0 Å². The quantitative estimate of drug-likeness (QED) is 0.522. The molecule has 0 spiro atoms. The molecule has 1 aliphatic heterocycles. The van der Waals surface area contributed by atoms with Crippen LogP contribution in [-0.2, 0) is 0 Å². The molecule has 1 aromatic rings. The summed E-state index contributed by atoms with van der Waals surface area (Å²) in [7, 11) is -0.0419. The maximum absolute atomic E-state index is 6.02. The Morgan fingerprint density at radius 3 is 1.50 bits per heavy atom. The van der Waals surface area contributed by atoms with Crippen LogP contribution in [0.2, 0.25) is 0 Å². The summed E-state index contributed by atoms with van der Waals surface area (Å²) in [6.45, 7) is 16.1. The fraction of sp³-hybridized carbons (Fsp3) is 0.700. The third-order valence-electron chi connectivity index (χ3n) is 4.60. The van der Waals surface area contributed by atoms with Crippen molar-refractivity contribution in [3.05, 3.63) is 24.3 Å². The fourth-order valence-electron chi connectivity index (χ4n) is 3.01. The van der Waals surface area contributed by atoms with Crippen molar-refractivity contribution in [2.45, 2.75) is 51.9 Å². The second kappa shape index (κ2) is 8.37. The summed E-state index contributed by atoms with van der Waals surface area (Å²) in [6, 6.07) is 8.14. The van der Waals surface area contributed by atoms with Crippen molar-refractivity contribution < 1.29 is 9.47 Å². The predicted octanol–water partition coefficient (Wildman–Crippen LogP) is 6.02. The van der Waals surface area contributed by atoms with Crippen LogP contribution in [0.5, 0.6) is 11.5 Å². The molecule has 2 atom stereocenters. The maximum Gasteiger partial charge on any atom is 0.123 e. The van der Waals surface area contributed by atoms with E-state index in [4.69, 9.17) is 9.47 Å². The minimum Gasteiger partial charge on any atom is -0.493 e. The van der Waals surface area contributed by atoms with Crippen molar-refractivity contribution >= 4 is 15.8 Å². The Labute approximate surface area is 151 Å². The van der Waals surface area contributed by atoms with E-state index in [9.17, 15) is 0 Å². The van der Waals surface area contributed by atoms with Crippen LogP contribution >= 0.6 is 15.8 Å². The van der Waals surface area contributed by atoms with E-state index in [2.05, 4.69) is 41.5 Å². The van der Waals surface area contributed by atoms with Gasteiger partial charge in [0.2, 0.25) is 0 Å². The summed E-state index contributed by atoms with van der Waals surface area (Å²) in [6.07, 6.45) is 5.11. The van der Waals surface area contributed by atoms with Crippen LogP contribution in [-0.4, -0.2) is 48.2 Å². The average molecular weight is 368 g/mol. The molecule has 24 heavy (non-hydrogen) atoms. The van der Waals surface area contributed by atoms with E-state index < -0.39 is 0 Å². The maximum atomic E-state index is 6.02. The van der Waals surface area contributed by atoms with E-state index >= 15 is 0 Å². The molecule has 1 aromatic carbocycles. The normalized spacial score (nSPS) is 23.9. The van der Waals surface area contributed by atoms with Crippen molar-refractivity contribution in [2.24, 2.45) is 0 Å². The number of fused-ring (bicyclic) bond motifs is 2. The molecule has 2 bridgehead atoms. The monoisotopic (exact) mass is 368 g/mol. The van der Waals surface area contributed by atoms with Gasteiger partial charge in [0, 0.05) is 18.4 Å². The first-order chi connectivity index (χ1) is 11.2. The number of hydrogen-bond acceptors (Lipinski definition) is 2. The number of benzene rings is 1. The van der Waals surface area contributed by atoms with E-state index in [1.807, 2.05) is 24.3 Å². The second-order valence-corrected chi connectivity index (χ2v) is 15.1. The SMILES string of the molecule is CC(C)(C)P1CCOc2cccc(c2)OCCP(C(C)(C)C)CC1. The Hall–Kier alpha value is -0.320. The van der Waals surface area contributed by atoms with Gasteiger partial charge in [-0.1, -0.05) is 63.5 Å². The Morgan fingerprint density at radius 1 is 0.708 bits per heavy atom. The lowest BCUT2D eigenvalue weighted by molar-refractivity contribution is 0.325. The topological polar surface area (TPSA) is 18.5 Å². The van der Waals surface area contributed by atoms with Gasteiger partial charge in [0.1, 0.15) is 11.5 Å². The molecule has 0 N–H and O–H groups in total. The smallest absolute Gasteiger partial charge is 0.123 e. The zero-order valence-corrected chi connectivity index (χ0v) is 18.1. The van der Waals surface area contributed by atoms with Crippen LogP contribution in [0.4, 0.5) is 0 Å². The summed E-state index contributed by atoms with van der Waals surface area (Å²) in [5.41, 5.74) is 0. The zero-order valence-electron chi connectivity index (χ0n) is 16.3. The van der Waals surface area contributed by atoms with Gasteiger partial charge in [-0.3, -0.25) is 0 Å². The molecule has 1 aliphatic rings. The molecule has 2 rings (SSSR count). The van der Waals surface area contributed by atoms with Gasteiger partial charge < -0.3 is 9.47 Å². The van der Waals surface area contributed by atoms with Gasteiger partial charge in [0.15, 0.2) is 0 Å². The number of hydrogen-bond donors (Lipinski definition) is 0. The first kappa shape index (κ1) is 20.0. The Balaban J connectivity index is 2.17. The van der Waals surface area contributed by atoms with Crippen molar-refractivity contribution in [3.8, 4) is 11.5 Å². The predicted molar refractivity (Wildman–Crippen MR) is 110 cm³/mol. The van der Waals surface area contributed by atoms with E-state index in [1.165, 1.54) is 24.6 Å². The first-order valence-corrected chi connectivity index (χ1v) is 12.4. The lowest BCUT2D eigenvalue weighted by Crippen LogP contribution is -2.23. The molecule has 0 aliphatic carbocycles. The highest BCUT2D eigenvalue weighted by molar-refractivity contribution is 7.63. The largest absolute Gasteiger partial charge is 0.493 e. The molecule has 136 valence electrons. The van der Waals surface area contributed by atoms with Crippen LogP contribution < -0.4 is 9.47 Å². The summed E-state index contributed by atoms with van der Waals surface area (Å²) < 4.78 is 12.0. The van der Waals surface area contributed by atoms with Gasteiger partial charge in [0.05, 0.1) is 13.2 Å². The lowest BCUT2D eigenvalue weighted by atomic mass is 10.3. The molecule has 1 heterocycles. The highest BCUT2D eigenvalue weighted by Gasteiger charge is 2.29. The summed E-state index contributed by atoms with van der Waals surface area (Å²) in [5.74, 6) is 1.88. The molecule has 2 nitrogen and oxygen atoms in total. The molecule has 0 aromatic heterocycles. The highest BCUT2D eigenvalue weighted by atomic mass is 31.1. The van der Waals surface area contributed by atoms with Gasteiger partial charge in [-0.05, 0) is 34.8 Å². The molecule has 0 amide bonds. The van der Waals surface area contributed by atoms with Crippen molar-refractivity contribution in [1.82, 2.24) is 0 Å². The summed E-state index contributed by atoms with van der Waals surface area (Å²) in [4.78, 5) is 0. The molecule has 0 radical (unpaired) electrons. The highest BCUT2D eigenvalue weighted by Crippen LogP contribution is 2.55. The van der Waals surface area contributed by atoms with Crippen LogP contribution in [0.1, 0.15) is 41.5 Å². The molecular formula is C20H34O2P2. The zero-order chi connectivity index (χ0) is 17.8. The van der Waals surface area contributed by atoms with Crippen molar-refractivity contribution in [3.63, 3.8) is 0 Å².